The minimum Gasteiger partial charge on any atom is -0.366 e. The summed E-state index contributed by atoms with van der Waals surface area (Å²) in [6, 6.07) is 10.9. The fraction of sp³-hybridized carbons (Fsp3) is 0. The quantitative estimate of drug-likeness (QED) is 0.682. The number of nitrogens with two attached hydrogens (primary N) is 1. The molecule has 0 aromatic heterocycles. The van der Waals surface area contributed by atoms with Gasteiger partial charge in [-0.05, 0) is 54.7 Å². The van der Waals surface area contributed by atoms with Crippen LogP contribution in [-0.2, 0) is 0 Å². The highest BCUT2D eigenvalue weighted by Gasteiger charge is 2.10. The third-order valence-electron chi connectivity index (χ3n) is 2.84. The molecule has 0 saturated carbocycles. The molecule has 0 heterocycles. The van der Waals surface area contributed by atoms with Crippen molar-refractivity contribution in [1.29, 1.82) is 0 Å². The molecule has 0 atom stereocenters. The number of primary amides is 1. The lowest BCUT2D eigenvalue weighted by atomic mass is 10.2. The monoisotopic (exact) mass is 403 g/mol. The summed E-state index contributed by atoms with van der Waals surface area (Å²) in [4.78, 5) is 23.0. The minimum atomic E-state index is -0.521. The second kappa shape index (κ2) is 8.84. The molecule has 9 heteroatoms. The first-order chi connectivity index (χ1) is 10.9. The van der Waals surface area contributed by atoms with Crippen LogP contribution in [0.3, 0.4) is 0 Å². The van der Waals surface area contributed by atoms with Gasteiger partial charge >= 0.3 is 0 Å². The number of carbonyl (C=O) groups is 2. The molecule has 24 heavy (non-hydrogen) atoms. The van der Waals surface area contributed by atoms with Gasteiger partial charge in [-0.1, -0.05) is 23.2 Å². The van der Waals surface area contributed by atoms with Gasteiger partial charge in [0.15, 0.2) is 5.11 Å². The van der Waals surface area contributed by atoms with E-state index in [9.17, 15) is 9.59 Å². The second-order valence-corrected chi connectivity index (χ2v) is 5.70. The Balaban J connectivity index is 0.00000288. The van der Waals surface area contributed by atoms with E-state index in [-0.39, 0.29) is 22.5 Å². The molecule has 0 spiro atoms. The van der Waals surface area contributed by atoms with Crippen molar-refractivity contribution < 1.29 is 9.59 Å². The standard InChI is InChI=1S/C15H11Cl2N3O2S.ClH/c16-11-6-3-9(7-12(11)17)14(22)20-15(23)19-10-4-1-8(2-5-10)13(18)21;/h1-7H,(H2,18,21)(H2,19,20,22,23);1H. The highest BCUT2D eigenvalue weighted by Crippen LogP contribution is 2.22. The summed E-state index contributed by atoms with van der Waals surface area (Å²) < 4.78 is 0. The summed E-state index contributed by atoms with van der Waals surface area (Å²) in [6.07, 6.45) is 0. The maximum atomic E-state index is 12.1. The van der Waals surface area contributed by atoms with E-state index in [1.165, 1.54) is 18.2 Å². The van der Waals surface area contributed by atoms with Crippen molar-refractivity contribution in [2.24, 2.45) is 5.73 Å². The zero-order valence-electron chi connectivity index (χ0n) is 12.0. The minimum absolute atomic E-state index is 0. The van der Waals surface area contributed by atoms with Crippen molar-refractivity contribution in [1.82, 2.24) is 5.32 Å². The van der Waals surface area contributed by atoms with Crippen LogP contribution in [0.25, 0.3) is 0 Å². The smallest absolute Gasteiger partial charge is 0.257 e. The third kappa shape index (κ3) is 5.35. The largest absolute Gasteiger partial charge is 0.366 e. The number of hydrogen-bond donors (Lipinski definition) is 3. The maximum Gasteiger partial charge on any atom is 0.257 e. The molecule has 2 aromatic carbocycles. The number of thiocarbonyl (C=S) groups is 1. The van der Waals surface area contributed by atoms with Crippen molar-refractivity contribution in [3.63, 3.8) is 0 Å². The molecular weight excluding hydrogens is 393 g/mol. The molecule has 0 aliphatic heterocycles. The zero-order chi connectivity index (χ0) is 17.0. The van der Waals surface area contributed by atoms with E-state index in [0.29, 0.717) is 21.8 Å². The Bertz CT molecular complexity index is 782. The Kier molecular flexibility index (Phi) is 7.44. The number of halogens is 3. The lowest BCUT2D eigenvalue weighted by molar-refractivity contribution is 0.0975. The Morgan fingerprint density at radius 2 is 1.54 bits per heavy atom. The van der Waals surface area contributed by atoms with Gasteiger partial charge < -0.3 is 11.1 Å². The Labute approximate surface area is 159 Å². The van der Waals surface area contributed by atoms with Crippen molar-refractivity contribution in [3.05, 3.63) is 63.6 Å². The molecule has 5 nitrogen and oxygen atoms in total. The first-order valence-electron chi connectivity index (χ1n) is 6.34. The number of rotatable bonds is 3. The van der Waals surface area contributed by atoms with Crippen LogP contribution in [0.15, 0.2) is 42.5 Å². The molecule has 0 bridgehead atoms. The predicted octanol–water partition coefficient (Wildman–Crippen LogP) is 3.64. The Hall–Kier alpha value is -1.86. The topological polar surface area (TPSA) is 84.2 Å². The van der Waals surface area contributed by atoms with Gasteiger partial charge in [-0.25, -0.2) is 0 Å². The molecule has 0 unspecified atom stereocenters. The molecule has 0 fully saturated rings. The van der Waals surface area contributed by atoms with Crippen molar-refractivity contribution in [3.8, 4) is 0 Å². The van der Waals surface area contributed by atoms with Gasteiger partial charge in [-0.3, -0.25) is 14.9 Å². The van der Waals surface area contributed by atoms with E-state index >= 15 is 0 Å². The summed E-state index contributed by atoms with van der Waals surface area (Å²) in [5.74, 6) is -0.943. The Morgan fingerprint density at radius 1 is 0.958 bits per heavy atom. The number of amides is 2. The van der Waals surface area contributed by atoms with Crippen LogP contribution in [0.5, 0.6) is 0 Å². The second-order valence-electron chi connectivity index (χ2n) is 4.48. The van der Waals surface area contributed by atoms with Crippen molar-refractivity contribution in [2.75, 3.05) is 5.32 Å². The van der Waals surface area contributed by atoms with Gasteiger partial charge in [-0.2, -0.15) is 0 Å². The average molecular weight is 405 g/mol. The van der Waals surface area contributed by atoms with E-state index in [1.807, 2.05) is 0 Å². The van der Waals surface area contributed by atoms with Crippen LogP contribution in [0.4, 0.5) is 5.69 Å². The van der Waals surface area contributed by atoms with Crippen molar-refractivity contribution in [2.45, 2.75) is 0 Å². The van der Waals surface area contributed by atoms with Gasteiger partial charge in [0, 0.05) is 16.8 Å². The van der Waals surface area contributed by atoms with E-state index in [0.717, 1.165) is 0 Å². The average Bonchev–Trinajstić information content (AvgIpc) is 2.50. The van der Waals surface area contributed by atoms with E-state index in [4.69, 9.17) is 41.2 Å². The molecule has 4 N–H and O–H groups in total. The third-order valence-corrected chi connectivity index (χ3v) is 3.78. The van der Waals surface area contributed by atoms with Gasteiger partial charge in [0.2, 0.25) is 5.91 Å². The van der Waals surface area contributed by atoms with Crippen LogP contribution in [0.2, 0.25) is 10.0 Å². The summed E-state index contributed by atoms with van der Waals surface area (Å²) in [6.45, 7) is 0. The van der Waals surface area contributed by atoms with Crippen LogP contribution in [0.1, 0.15) is 20.7 Å². The zero-order valence-corrected chi connectivity index (χ0v) is 15.2. The molecule has 0 saturated heterocycles. The molecule has 2 rings (SSSR count). The van der Waals surface area contributed by atoms with Crippen LogP contribution >= 0.6 is 47.8 Å². The normalized spacial score (nSPS) is 9.58. The fourth-order valence-electron chi connectivity index (χ4n) is 1.69. The predicted molar refractivity (Wildman–Crippen MR) is 102 cm³/mol. The van der Waals surface area contributed by atoms with Gasteiger partial charge in [-0.15, -0.1) is 12.4 Å². The van der Waals surface area contributed by atoms with Gasteiger partial charge in [0.25, 0.3) is 5.91 Å². The van der Waals surface area contributed by atoms with E-state index < -0.39 is 11.8 Å². The van der Waals surface area contributed by atoms with Gasteiger partial charge in [0.05, 0.1) is 10.0 Å². The molecule has 126 valence electrons. The molecular formula is C15H12Cl3N3O2S. The SMILES string of the molecule is Cl.NC(=O)c1ccc(NC(=S)NC(=O)c2ccc(Cl)c(Cl)c2)cc1. The van der Waals surface area contributed by atoms with Crippen LogP contribution in [-0.4, -0.2) is 16.9 Å². The summed E-state index contributed by atoms with van der Waals surface area (Å²) in [5.41, 5.74) is 6.46. The first kappa shape index (κ1) is 20.2. The highest BCUT2D eigenvalue weighted by atomic mass is 35.5. The molecule has 0 radical (unpaired) electrons. The molecule has 0 aliphatic carbocycles. The molecule has 2 aromatic rings. The fourth-order valence-corrected chi connectivity index (χ4v) is 2.20. The number of benzene rings is 2. The molecule has 2 amide bonds. The number of anilines is 1. The first-order valence-corrected chi connectivity index (χ1v) is 7.50. The highest BCUT2D eigenvalue weighted by molar-refractivity contribution is 7.80. The molecule has 0 aliphatic rings. The van der Waals surface area contributed by atoms with Crippen molar-refractivity contribution >= 4 is 70.4 Å². The van der Waals surface area contributed by atoms with Gasteiger partial charge in [0.1, 0.15) is 0 Å². The summed E-state index contributed by atoms with van der Waals surface area (Å²) in [7, 11) is 0. The summed E-state index contributed by atoms with van der Waals surface area (Å²) in [5, 5.41) is 6.08. The number of nitrogens with one attached hydrogen (secondary N) is 2. The summed E-state index contributed by atoms with van der Waals surface area (Å²) >= 11 is 16.7. The van der Waals surface area contributed by atoms with E-state index in [2.05, 4.69) is 10.6 Å². The lowest BCUT2D eigenvalue weighted by Crippen LogP contribution is -2.34. The Morgan fingerprint density at radius 3 is 2.08 bits per heavy atom. The van der Waals surface area contributed by atoms with Crippen LogP contribution in [0, 0.1) is 0 Å². The maximum absolute atomic E-state index is 12.1. The van der Waals surface area contributed by atoms with Crippen LogP contribution < -0.4 is 16.4 Å². The number of hydrogen-bond acceptors (Lipinski definition) is 3. The lowest BCUT2D eigenvalue weighted by Gasteiger charge is -2.10. The number of carbonyl (C=O) groups excluding carboxylic acids is 2. The van der Waals surface area contributed by atoms with E-state index in [1.54, 1.807) is 24.3 Å².